The number of nitrogens with zero attached hydrogens (tertiary/aromatic N) is 1. The van der Waals surface area contributed by atoms with Gasteiger partial charge < -0.3 is 5.73 Å². The van der Waals surface area contributed by atoms with E-state index in [4.69, 9.17) is 5.73 Å². The molecule has 0 fully saturated rings. The van der Waals surface area contributed by atoms with Crippen LogP contribution in [0.2, 0.25) is 0 Å². The van der Waals surface area contributed by atoms with E-state index in [-0.39, 0.29) is 11.3 Å². The number of hydrogen-bond donors (Lipinski definition) is 1. The molecule has 0 aromatic rings. The molecule has 0 rings (SSSR count). The Morgan fingerprint density at radius 1 is 1.29 bits per heavy atom. The smallest absolute Gasteiger partial charge is 0.387 e. The maximum absolute atomic E-state index is 11.9. The Morgan fingerprint density at radius 3 is 2.00 bits per heavy atom. The van der Waals surface area contributed by atoms with Crippen LogP contribution in [0.5, 0.6) is 0 Å². The highest BCUT2D eigenvalue weighted by molar-refractivity contribution is 5.85. The van der Waals surface area contributed by atoms with E-state index < -0.39 is 18.6 Å². The van der Waals surface area contributed by atoms with E-state index in [9.17, 15) is 13.2 Å². The average molecular weight is 210 g/mol. The summed E-state index contributed by atoms with van der Waals surface area (Å²) in [5.74, 6) is 0.259. The molecule has 0 aliphatic carbocycles. The summed E-state index contributed by atoms with van der Waals surface area (Å²) in [5.41, 5.74) is 5.18. The summed E-state index contributed by atoms with van der Waals surface area (Å²) < 4.78 is 35.8. The third-order valence-corrected chi connectivity index (χ3v) is 1.65. The fourth-order valence-corrected chi connectivity index (χ4v) is 0.812. The van der Waals surface area contributed by atoms with E-state index in [2.05, 4.69) is 4.99 Å². The Kier molecular flexibility index (Phi) is 3.97. The van der Waals surface area contributed by atoms with Crippen LogP contribution in [-0.4, -0.2) is 18.1 Å². The zero-order chi connectivity index (χ0) is 11.6. The van der Waals surface area contributed by atoms with E-state index in [1.54, 1.807) is 0 Å². The molecule has 0 aromatic carbocycles. The summed E-state index contributed by atoms with van der Waals surface area (Å²) in [5, 5.41) is 0. The van der Waals surface area contributed by atoms with Crippen LogP contribution in [0.3, 0.4) is 0 Å². The molecular weight excluding hydrogens is 193 g/mol. The Hall–Kier alpha value is -0.740. The first-order valence-corrected chi connectivity index (χ1v) is 4.43. The largest absolute Gasteiger partial charge is 0.391 e. The monoisotopic (exact) mass is 210 g/mol. The van der Waals surface area contributed by atoms with Crippen molar-refractivity contribution in [1.82, 2.24) is 0 Å². The topological polar surface area (TPSA) is 38.4 Å². The minimum absolute atomic E-state index is 0.259. The van der Waals surface area contributed by atoms with E-state index in [0.29, 0.717) is 0 Å². The maximum atomic E-state index is 11.9. The van der Waals surface area contributed by atoms with E-state index in [0.717, 1.165) is 0 Å². The number of rotatable bonds is 2. The molecule has 0 bridgehead atoms. The molecule has 5 heteroatoms. The molecule has 0 radical (unpaired) electrons. The molecule has 0 aliphatic rings. The maximum Gasteiger partial charge on any atom is 0.391 e. The number of alkyl halides is 3. The van der Waals surface area contributed by atoms with Gasteiger partial charge in [0.15, 0.2) is 0 Å². The number of nitrogens with two attached hydrogens (primary N) is 1. The van der Waals surface area contributed by atoms with Gasteiger partial charge in [0.1, 0.15) is 0 Å². The third kappa shape index (κ3) is 5.83. The molecule has 84 valence electrons. The highest BCUT2D eigenvalue weighted by Crippen LogP contribution is 2.23. The fourth-order valence-electron chi connectivity index (χ4n) is 0.812. The highest BCUT2D eigenvalue weighted by Gasteiger charge is 2.30. The Labute approximate surface area is 82.4 Å². The first-order chi connectivity index (χ1) is 6.02. The molecule has 1 unspecified atom stereocenters. The predicted molar refractivity (Wildman–Crippen MR) is 51.2 cm³/mol. The summed E-state index contributed by atoms with van der Waals surface area (Å²) in [7, 11) is 0. The molecule has 2 nitrogen and oxygen atoms in total. The molecule has 1 atom stereocenters. The molecule has 0 aromatic heterocycles. The van der Waals surface area contributed by atoms with Crippen molar-refractivity contribution in [3.05, 3.63) is 0 Å². The number of hydrogen-bond acceptors (Lipinski definition) is 1. The summed E-state index contributed by atoms with van der Waals surface area (Å²) in [6.07, 6.45) is -5.11. The number of aliphatic imine (C=N–C) groups is 1. The minimum Gasteiger partial charge on any atom is -0.387 e. The van der Waals surface area contributed by atoms with Crippen molar-refractivity contribution in [2.45, 2.75) is 46.3 Å². The van der Waals surface area contributed by atoms with Crippen LogP contribution in [0, 0.1) is 5.41 Å². The second-order valence-electron chi connectivity index (χ2n) is 4.43. The van der Waals surface area contributed by atoms with Crippen LogP contribution in [-0.2, 0) is 0 Å². The van der Waals surface area contributed by atoms with Gasteiger partial charge in [0.05, 0.1) is 18.3 Å². The summed E-state index contributed by atoms with van der Waals surface area (Å²) in [4.78, 5) is 3.81. The average Bonchev–Trinajstić information content (AvgIpc) is 1.79. The van der Waals surface area contributed by atoms with Crippen molar-refractivity contribution >= 4 is 5.84 Å². The van der Waals surface area contributed by atoms with Gasteiger partial charge in [-0.3, -0.25) is 4.99 Å². The lowest BCUT2D eigenvalue weighted by Crippen LogP contribution is -2.31. The Balaban J connectivity index is 4.38. The summed E-state index contributed by atoms with van der Waals surface area (Å²) in [6, 6.07) is -0.811. The second kappa shape index (κ2) is 4.19. The van der Waals surface area contributed by atoms with Crippen LogP contribution >= 0.6 is 0 Å². The lowest BCUT2D eigenvalue weighted by Gasteiger charge is -2.19. The molecular formula is C9H17F3N2. The Bertz CT molecular complexity index is 213. The van der Waals surface area contributed by atoms with Crippen molar-refractivity contribution in [3.63, 3.8) is 0 Å². The van der Waals surface area contributed by atoms with Crippen molar-refractivity contribution in [2.75, 3.05) is 0 Å². The molecule has 2 N–H and O–H groups in total. The van der Waals surface area contributed by atoms with Crippen molar-refractivity contribution < 1.29 is 13.2 Å². The van der Waals surface area contributed by atoms with Gasteiger partial charge in [-0.15, -0.1) is 0 Å². The molecule has 14 heavy (non-hydrogen) atoms. The Morgan fingerprint density at radius 2 is 1.71 bits per heavy atom. The van der Waals surface area contributed by atoms with Gasteiger partial charge in [0.2, 0.25) is 0 Å². The van der Waals surface area contributed by atoms with Crippen molar-refractivity contribution in [1.29, 1.82) is 0 Å². The van der Waals surface area contributed by atoms with Crippen LogP contribution in [0.1, 0.15) is 34.1 Å². The first kappa shape index (κ1) is 13.3. The van der Waals surface area contributed by atoms with E-state index in [1.807, 2.05) is 20.8 Å². The van der Waals surface area contributed by atoms with Crippen LogP contribution in [0.25, 0.3) is 0 Å². The van der Waals surface area contributed by atoms with E-state index >= 15 is 0 Å². The SMILES string of the molecule is CC(CC(F)(F)F)N=C(N)C(C)(C)C. The van der Waals surface area contributed by atoms with Gasteiger partial charge in [0, 0.05) is 5.41 Å². The normalized spacial score (nSPS) is 16.9. The zero-order valence-corrected chi connectivity index (χ0v) is 8.94. The lowest BCUT2D eigenvalue weighted by molar-refractivity contribution is -0.137. The van der Waals surface area contributed by atoms with Crippen molar-refractivity contribution in [2.24, 2.45) is 16.1 Å². The summed E-state index contributed by atoms with van der Waals surface area (Å²) in [6.45, 7) is 6.84. The van der Waals surface area contributed by atoms with Crippen molar-refractivity contribution in [3.8, 4) is 0 Å². The van der Waals surface area contributed by atoms with Gasteiger partial charge in [-0.2, -0.15) is 13.2 Å². The van der Waals surface area contributed by atoms with Gasteiger partial charge in [-0.05, 0) is 6.92 Å². The van der Waals surface area contributed by atoms with Crippen LogP contribution in [0.4, 0.5) is 13.2 Å². The fraction of sp³-hybridized carbons (Fsp3) is 0.889. The molecule has 0 spiro atoms. The van der Waals surface area contributed by atoms with Gasteiger partial charge >= 0.3 is 6.18 Å². The predicted octanol–water partition coefficient (Wildman–Crippen LogP) is 2.73. The van der Waals surface area contributed by atoms with E-state index in [1.165, 1.54) is 6.92 Å². The quantitative estimate of drug-likeness (QED) is 0.552. The lowest BCUT2D eigenvalue weighted by atomic mass is 9.95. The third-order valence-electron chi connectivity index (χ3n) is 1.65. The summed E-state index contributed by atoms with van der Waals surface area (Å²) >= 11 is 0. The molecule has 0 heterocycles. The molecule has 0 amide bonds. The van der Waals surface area contributed by atoms with Gasteiger partial charge in [-0.1, -0.05) is 20.8 Å². The molecule has 0 saturated heterocycles. The van der Waals surface area contributed by atoms with Crippen LogP contribution < -0.4 is 5.73 Å². The first-order valence-electron chi connectivity index (χ1n) is 4.43. The minimum atomic E-state index is -4.18. The van der Waals surface area contributed by atoms with Gasteiger partial charge in [0.25, 0.3) is 0 Å². The van der Waals surface area contributed by atoms with Gasteiger partial charge in [-0.25, -0.2) is 0 Å². The highest BCUT2D eigenvalue weighted by atomic mass is 19.4. The molecule has 0 saturated carbocycles. The molecule has 0 aliphatic heterocycles. The standard InChI is InChI=1S/C9H17F3N2/c1-6(5-9(10,11)12)14-7(13)8(2,3)4/h6H,5H2,1-4H3,(H2,13,14). The number of halogens is 3. The second-order valence-corrected chi connectivity index (χ2v) is 4.43. The number of amidine groups is 1. The zero-order valence-electron chi connectivity index (χ0n) is 8.94. The van der Waals surface area contributed by atoms with Crippen LogP contribution in [0.15, 0.2) is 4.99 Å².